The Morgan fingerprint density at radius 1 is 0.880 bits per heavy atom. The standard InChI is InChI=1S/C17H14Br4N2O2/c1-9(23-8-11-3-13(19)5-15(21)17(11)25)6-22-7-10-2-12(18)4-14(20)16(10)24/h2-5,7-9,24-25H,6H2,1H3/t9-/m1/s1. The van der Waals surface area contributed by atoms with Crippen LogP contribution in [0.4, 0.5) is 0 Å². The van der Waals surface area contributed by atoms with E-state index in [9.17, 15) is 10.2 Å². The lowest BCUT2D eigenvalue weighted by molar-refractivity contribution is 0.470. The minimum Gasteiger partial charge on any atom is -0.506 e. The maximum Gasteiger partial charge on any atom is 0.138 e. The number of aliphatic imine (C=N–C) groups is 2. The Morgan fingerprint density at radius 2 is 1.36 bits per heavy atom. The Hall–Kier alpha value is -0.700. The summed E-state index contributed by atoms with van der Waals surface area (Å²) >= 11 is 13.3. The van der Waals surface area contributed by atoms with Gasteiger partial charge < -0.3 is 10.2 Å². The molecule has 132 valence electrons. The Balaban J connectivity index is 2.05. The number of hydrogen-bond donors (Lipinski definition) is 2. The van der Waals surface area contributed by atoms with Gasteiger partial charge >= 0.3 is 0 Å². The number of benzene rings is 2. The molecule has 0 unspecified atom stereocenters. The van der Waals surface area contributed by atoms with Gasteiger partial charge in [-0.1, -0.05) is 31.9 Å². The number of phenols is 2. The van der Waals surface area contributed by atoms with Gasteiger partial charge in [0, 0.05) is 32.5 Å². The summed E-state index contributed by atoms with van der Waals surface area (Å²) in [6.07, 6.45) is 3.24. The summed E-state index contributed by atoms with van der Waals surface area (Å²) in [5.41, 5.74) is 1.23. The second kappa shape index (κ2) is 9.30. The highest BCUT2D eigenvalue weighted by Gasteiger charge is 2.07. The fraction of sp³-hybridized carbons (Fsp3) is 0.176. The summed E-state index contributed by atoms with van der Waals surface area (Å²) in [5, 5.41) is 20.0. The monoisotopic (exact) mass is 594 g/mol. The van der Waals surface area contributed by atoms with Gasteiger partial charge in [-0.15, -0.1) is 0 Å². The van der Waals surface area contributed by atoms with Crippen molar-refractivity contribution in [2.75, 3.05) is 6.54 Å². The average Bonchev–Trinajstić information content (AvgIpc) is 2.53. The molecule has 0 radical (unpaired) electrons. The van der Waals surface area contributed by atoms with Gasteiger partial charge in [-0.3, -0.25) is 9.98 Å². The molecule has 0 bridgehead atoms. The zero-order valence-corrected chi connectivity index (χ0v) is 19.4. The molecular formula is C17H14Br4N2O2. The molecule has 0 fully saturated rings. The summed E-state index contributed by atoms with van der Waals surface area (Å²) in [7, 11) is 0. The highest BCUT2D eigenvalue weighted by molar-refractivity contribution is 9.11. The number of hydrogen-bond acceptors (Lipinski definition) is 4. The van der Waals surface area contributed by atoms with E-state index >= 15 is 0 Å². The number of aromatic hydroxyl groups is 2. The van der Waals surface area contributed by atoms with E-state index < -0.39 is 0 Å². The van der Waals surface area contributed by atoms with Crippen LogP contribution in [-0.2, 0) is 0 Å². The van der Waals surface area contributed by atoms with Crippen LogP contribution in [0, 0.1) is 0 Å². The molecule has 0 amide bonds. The van der Waals surface area contributed by atoms with Crippen LogP contribution in [0.1, 0.15) is 18.1 Å². The van der Waals surface area contributed by atoms with Crippen molar-refractivity contribution in [2.24, 2.45) is 9.98 Å². The van der Waals surface area contributed by atoms with E-state index in [0.717, 1.165) is 8.95 Å². The number of phenolic OH excluding ortho intramolecular Hbond substituents is 2. The molecule has 0 aromatic heterocycles. The second-order valence-electron chi connectivity index (χ2n) is 5.27. The predicted octanol–water partition coefficient (Wildman–Crippen LogP) is 6.07. The van der Waals surface area contributed by atoms with Gasteiger partial charge in [0.2, 0.25) is 0 Å². The fourth-order valence-corrected chi connectivity index (χ4v) is 4.44. The Labute approximate surface area is 179 Å². The molecule has 2 aromatic rings. The van der Waals surface area contributed by atoms with E-state index in [-0.39, 0.29) is 17.5 Å². The van der Waals surface area contributed by atoms with Gasteiger partial charge in [-0.2, -0.15) is 0 Å². The van der Waals surface area contributed by atoms with Crippen molar-refractivity contribution in [2.45, 2.75) is 13.0 Å². The van der Waals surface area contributed by atoms with Crippen molar-refractivity contribution >= 4 is 76.1 Å². The van der Waals surface area contributed by atoms with Gasteiger partial charge in [0.1, 0.15) is 11.5 Å². The summed E-state index contributed by atoms with van der Waals surface area (Å²) in [5.74, 6) is 0.290. The van der Waals surface area contributed by atoms with Crippen molar-refractivity contribution in [1.82, 2.24) is 0 Å². The molecule has 0 aliphatic carbocycles. The Morgan fingerprint density at radius 3 is 1.88 bits per heavy atom. The molecule has 8 heteroatoms. The third-order valence-electron chi connectivity index (χ3n) is 3.18. The number of rotatable bonds is 5. The van der Waals surface area contributed by atoms with Crippen LogP contribution >= 0.6 is 63.7 Å². The second-order valence-corrected chi connectivity index (χ2v) is 8.81. The van der Waals surface area contributed by atoms with Crippen LogP contribution in [-0.4, -0.2) is 35.2 Å². The van der Waals surface area contributed by atoms with Crippen LogP contribution in [0.15, 0.2) is 52.1 Å². The third kappa shape index (κ3) is 5.91. The molecule has 0 aliphatic heterocycles. The average molecular weight is 598 g/mol. The molecule has 2 N–H and O–H groups in total. The lowest BCUT2D eigenvalue weighted by Gasteiger charge is -2.06. The van der Waals surface area contributed by atoms with Crippen LogP contribution < -0.4 is 0 Å². The molecule has 25 heavy (non-hydrogen) atoms. The molecule has 2 aromatic carbocycles. The van der Waals surface area contributed by atoms with Crippen LogP contribution in [0.25, 0.3) is 0 Å². The zero-order valence-electron chi connectivity index (χ0n) is 13.0. The van der Waals surface area contributed by atoms with Crippen LogP contribution in [0.2, 0.25) is 0 Å². The van der Waals surface area contributed by atoms with Gasteiger partial charge in [-0.25, -0.2) is 0 Å². The number of halogens is 4. The first-order valence-corrected chi connectivity index (χ1v) is 10.3. The highest BCUT2D eigenvalue weighted by Crippen LogP contribution is 2.31. The Kier molecular flexibility index (Phi) is 7.67. The first-order chi connectivity index (χ1) is 11.8. The number of nitrogens with zero attached hydrogens (tertiary/aromatic N) is 2. The minimum absolute atomic E-state index is 0.0776. The summed E-state index contributed by atoms with van der Waals surface area (Å²) in [6, 6.07) is 7.03. The minimum atomic E-state index is -0.0776. The molecule has 0 heterocycles. The van der Waals surface area contributed by atoms with Crippen LogP contribution in [0.3, 0.4) is 0 Å². The molecule has 4 nitrogen and oxygen atoms in total. The van der Waals surface area contributed by atoms with Crippen molar-refractivity contribution in [1.29, 1.82) is 0 Å². The van der Waals surface area contributed by atoms with E-state index in [1.54, 1.807) is 36.7 Å². The van der Waals surface area contributed by atoms with E-state index in [4.69, 9.17) is 0 Å². The van der Waals surface area contributed by atoms with Crippen LogP contribution in [0.5, 0.6) is 11.5 Å². The molecule has 0 saturated heterocycles. The first-order valence-electron chi connectivity index (χ1n) is 7.17. The van der Waals surface area contributed by atoms with E-state index in [1.165, 1.54) is 0 Å². The lowest BCUT2D eigenvalue weighted by Crippen LogP contribution is -2.04. The maximum absolute atomic E-state index is 10.0. The normalized spacial score (nSPS) is 13.0. The van der Waals surface area contributed by atoms with Gasteiger partial charge in [0.05, 0.1) is 21.5 Å². The van der Waals surface area contributed by atoms with Crippen molar-refractivity contribution in [3.05, 3.63) is 53.3 Å². The van der Waals surface area contributed by atoms with Gasteiger partial charge in [0.15, 0.2) is 0 Å². The van der Waals surface area contributed by atoms with Crippen molar-refractivity contribution in [3.63, 3.8) is 0 Å². The largest absolute Gasteiger partial charge is 0.506 e. The topological polar surface area (TPSA) is 65.2 Å². The van der Waals surface area contributed by atoms with Crippen molar-refractivity contribution in [3.8, 4) is 11.5 Å². The van der Waals surface area contributed by atoms with Gasteiger partial charge in [-0.05, 0) is 63.0 Å². The molecule has 0 saturated carbocycles. The molecule has 1 atom stereocenters. The van der Waals surface area contributed by atoms with Gasteiger partial charge in [0.25, 0.3) is 0 Å². The molecular weight excluding hydrogens is 584 g/mol. The summed E-state index contributed by atoms with van der Waals surface area (Å²) in [4.78, 5) is 8.74. The van der Waals surface area contributed by atoms with E-state index in [2.05, 4.69) is 73.7 Å². The molecule has 0 aliphatic rings. The highest BCUT2D eigenvalue weighted by atomic mass is 79.9. The lowest BCUT2D eigenvalue weighted by atomic mass is 10.2. The van der Waals surface area contributed by atoms with E-state index in [0.29, 0.717) is 26.6 Å². The summed E-state index contributed by atoms with van der Waals surface area (Å²) in [6.45, 7) is 2.38. The smallest absolute Gasteiger partial charge is 0.138 e. The van der Waals surface area contributed by atoms with E-state index in [1.807, 2.05) is 6.92 Å². The maximum atomic E-state index is 10.0. The predicted molar refractivity (Wildman–Crippen MR) is 117 cm³/mol. The third-order valence-corrected chi connectivity index (χ3v) is 5.31. The SMILES string of the molecule is C[C@H](CN=Cc1cc(Br)cc(Br)c1O)N=Cc1cc(Br)cc(Br)c1O. The summed E-state index contributed by atoms with van der Waals surface area (Å²) < 4.78 is 2.90. The van der Waals surface area contributed by atoms with Crippen molar-refractivity contribution < 1.29 is 10.2 Å². The fourth-order valence-electron chi connectivity index (χ4n) is 1.93. The quantitative estimate of drug-likeness (QED) is 0.411. The molecule has 0 spiro atoms. The Bertz CT molecular complexity index is 838. The zero-order chi connectivity index (χ0) is 18.6. The molecule has 2 rings (SSSR count). The first kappa shape index (κ1) is 20.6.